The molecule has 0 N–H and O–H groups in total. The van der Waals surface area contributed by atoms with Crippen LogP contribution >= 0.6 is 0 Å². The van der Waals surface area contributed by atoms with Gasteiger partial charge in [0.2, 0.25) is 5.88 Å². The van der Waals surface area contributed by atoms with E-state index in [0.29, 0.717) is 24.1 Å². The van der Waals surface area contributed by atoms with Gasteiger partial charge in [0.05, 0.1) is 25.3 Å². The van der Waals surface area contributed by atoms with E-state index in [1.54, 1.807) is 12.0 Å². The van der Waals surface area contributed by atoms with Crippen LogP contribution in [0.4, 0.5) is 5.69 Å². The topological polar surface area (TPSA) is 67.8 Å². The van der Waals surface area contributed by atoms with E-state index in [4.69, 9.17) is 9.47 Å². The van der Waals surface area contributed by atoms with Gasteiger partial charge in [-0.1, -0.05) is 12.1 Å². The third kappa shape index (κ3) is 3.43. The minimum atomic E-state index is -0.149. The second-order valence-electron chi connectivity index (χ2n) is 6.55. The van der Waals surface area contributed by atoms with Gasteiger partial charge >= 0.3 is 0 Å². The number of methoxy groups -OCH3 is 2. The van der Waals surface area contributed by atoms with Gasteiger partial charge in [-0.05, 0) is 36.4 Å². The van der Waals surface area contributed by atoms with E-state index in [1.165, 1.54) is 7.11 Å². The molecule has 0 bridgehead atoms. The van der Waals surface area contributed by atoms with Crippen LogP contribution in [0.5, 0.6) is 11.6 Å². The molecule has 1 saturated heterocycles. The third-order valence-corrected chi connectivity index (χ3v) is 4.94. The second-order valence-corrected chi connectivity index (χ2v) is 6.55. The summed E-state index contributed by atoms with van der Waals surface area (Å²) in [6.07, 6.45) is 0. The number of hydrogen-bond donors (Lipinski definition) is 0. The molecule has 0 atom stereocenters. The first-order chi connectivity index (χ1) is 13.7. The molecule has 0 unspecified atom stereocenters. The van der Waals surface area contributed by atoms with Crippen LogP contribution in [0.2, 0.25) is 0 Å². The summed E-state index contributed by atoms with van der Waals surface area (Å²) in [4.78, 5) is 26.1. The molecular formula is C21H22N4O3. The van der Waals surface area contributed by atoms with E-state index in [2.05, 4.69) is 14.9 Å². The van der Waals surface area contributed by atoms with Gasteiger partial charge in [-0.3, -0.25) is 4.79 Å². The number of nitrogens with zero attached hydrogens (tertiary/aromatic N) is 4. The summed E-state index contributed by atoms with van der Waals surface area (Å²) in [7, 11) is 3.17. The first kappa shape index (κ1) is 18.0. The van der Waals surface area contributed by atoms with Gasteiger partial charge in [0, 0.05) is 31.9 Å². The zero-order chi connectivity index (χ0) is 19.5. The summed E-state index contributed by atoms with van der Waals surface area (Å²) in [6.45, 7) is 2.73. The normalized spacial score (nSPS) is 14.2. The first-order valence-corrected chi connectivity index (χ1v) is 9.18. The number of fused-ring (bicyclic) bond motifs is 1. The van der Waals surface area contributed by atoms with Crippen molar-refractivity contribution in [2.45, 2.75) is 0 Å². The Kier molecular flexibility index (Phi) is 4.97. The summed E-state index contributed by atoms with van der Waals surface area (Å²) < 4.78 is 10.5. The Hall–Kier alpha value is -3.35. The number of benzene rings is 2. The molecule has 2 aromatic carbocycles. The van der Waals surface area contributed by atoms with E-state index >= 15 is 0 Å². The minimum Gasteiger partial charge on any atom is -0.497 e. The van der Waals surface area contributed by atoms with Crippen molar-refractivity contribution in [3.05, 3.63) is 54.2 Å². The number of anilines is 1. The Labute approximate surface area is 163 Å². The maximum Gasteiger partial charge on any atom is 0.278 e. The van der Waals surface area contributed by atoms with Crippen LogP contribution in [0.3, 0.4) is 0 Å². The minimum absolute atomic E-state index is 0.149. The van der Waals surface area contributed by atoms with Crippen LogP contribution in [-0.2, 0) is 0 Å². The number of carbonyl (C=O) groups is 1. The van der Waals surface area contributed by atoms with Gasteiger partial charge in [0.25, 0.3) is 5.91 Å². The Bertz CT molecular complexity index is 983. The lowest BCUT2D eigenvalue weighted by Gasteiger charge is -2.36. The lowest BCUT2D eigenvalue weighted by Crippen LogP contribution is -2.49. The number of aromatic nitrogens is 2. The molecule has 7 heteroatoms. The van der Waals surface area contributed by atoms with Crippen molar-refractivity contribution in [3.63, 3.8) is 0 Å². The predicted molar refractivity (Wildman–Crippen MR) is 107 cm³/mol. The molecule has 28 heavy (non-hydrogen) atoms. The van der Waals surface area contributed by atoms with E-state index in [9.17, 15) is 4.79 Å². The van der Waals surface area contributed by atoms with Crippen molar-refractivity contribution in [1.29, 1.82) is 0 Å². The van der Waals surface area contributed by atoms with E-state index < -0.39 is 0 Å². The van der Waals surface area contributed by atoms with Crippen molar-refractivity contribution in [2.75, 3.05) is 45.3 Å². The summed E-state index contributed by atoms with van der Waals surface area (Å²) in [6, 6.07) is 15.4. The smallest absolute Gasteiger partial charge is 0.278 e. The fourth-order valence-electron chi connectivity index (χ4n) is 3.38. The third-order valence-electron chi connectivity index (χ3n) is 4.94. The van der Waals surface area contributed by atoms with Gasteiger partial charge in [-0.25, -0.2) is 9.97 Å². The quantitative estimate of drug-likeness (QED) is 0.695. The fraction of sp³-hybridized carbons (Fsp3) is 0.286. The molecule has 0 saturated carbocycles. The van der Waals surface area contributed by atoms with Crippen molar-refractivity contribution >= 4 is 22.6 Å². The van der Waals surface area contributed by atoms with Crippen molar-refractivity contribution in [1.82, 2.24) is 14.9 Å². The Morgan fingerprint density at radius 1 is 0.857 bits per heavy atom. The summed E-state index contributed by atoms with van der Waals surface area (Å²) in [5, 5.41) is 0. The second kappa shape index (κ2) is 7.72. The highest BCUT2D eigenvalue weighted by atomic mass is 16.5. The molecular weight excluding hydrogens is 356 g/mol. The molecule has 1 amide bonds. The Morgan fingerprint density at radius 2 is 1.50 bits per heavy atom. The molecule has 0 radical (unpaired) electrons. The number of hydrogen-bond acceptors (Lipinski definition) is 6. The average molecular weight is 378 g/mol. The summed E-state index contributed by atoms with van der Waals surface area (Å²) >= 11 is 0. The van der Waals surface area contributed by atoms with Crippen LogP contribution < -0.4 is 14.4 Å². The maximum absolute atomic E-state index is 13.1. The molecule has 4 rings (SSSR count). The van der Waals surface area contributed by atoms with Gasteiger partial charge < -0.3 is 19.3 Å². The van der Waals surface area contributed by atoms with Gasteiger partial charge in [-0.15, -0.1) is 0 Å². The van der Waals surface area contributed by atoms with E-state index in [0.717, 1.165) is 24.5 Å². The highest BCUT2D eigenvalue weighted by Crippen LogP contribution is 2.23. The van der Waals surface area contributed by atoms with Crippen LogP contribution in [0.1, 0.15) is 10.5 Å². The van der Waals surface area contributed by atoms with Gasteiger partial charge in [0.1, 0.15) is 5.75 Å². The van der Waals surface area contributed by atoms with E-state index in [1.807, 2.05) is 48.5 Å². The number of amides is 1. The van der Waals surface area contributed by atoms with Crippen LogP contribution in [0.15, 0.2) is 48.5 Å². The molecule has 7 nitrogen and oxygen atoms in total. The lowest BCUT2D eigenvalue weighted by molar-refractivity contribution is 0.0736. The fourth-order valence-corrected chi connectivity index (χ4v) is 3.38. The van der Waals surface area contributed by atoms with Gasteiger partial charge in [-0.2, -0.15) is 0 Å². The molecule has 0 aliphatic carbocycles. The van der Waals surface area contributed by atoms with Crippen LogP contribution in [-0.4, -0.2) is 61.2 Å². The first-order valence-electron chi connectivity index (χ1n) is 9.18. The molecule has 3 aromatic rings. The largest absolute Gasteiger partial charge is 0.497 e. The molecule has 1 aromatic heterocycles. The summed E-state index contributed by atoms with van der Waals surface area (Å²) in [5.41, 5.74) is 2.78. The highest BCUT2D eigenvalue weighted by molar-refractivity contribution is 5.96. The SMILES string of the molecule is COc1ccc(N2CCN(C(=O)c3nc4ccccc4nc3OC)CC2)cc1. The van der Waals surface area contributed by atoms with Crippen molar-refractivity contribution < 1.29 is 14.3 Å². The molecule has 1 aliphatic rings. The highest BCUT2D eigenvalue weighted by Gasteiger charge is 2.26. The average Bonchev–Trinajstić information content (AvgIpc) is 2.78. The van der Waals surface area contributed by atoms with Crippen LogP contribution in [0, 0.1) is 0 Å². The number of rotatable bonds is 4. The standard InChI is InChI=1S/C21H22N4O3/c1-27-16-9-7-15(8-10-16)24-11-13-25(14-12-24)21(26)19-20(28-2)23-18-6-4-3-5-17(18)22-19/h3-10H,11-14H2,1-2H3. The molecule has 144 valence electrons. The number of carbonyl (C=O) groups excluding carboxylic acids is 1. The van der Waals surface area contributed by atoms with Crippen LogP contribution in [0.25, 0.3) is 11.0 Å². The Morgan fingerprint density at radius 3 is 2.11 bits per heavy atom. The molecule has 2 heterocycles. The Balaban J connectivity index is 1.50. The molecule has 1 fully saturated rings. The summed E-state index contributed by atoms with van der Waals surface area (Å²) in [5.74, 6) is 0.949. The van der Waals surface area contributed by atoms with Crippen molar-refractivity contribution in [2.24, 2.45) is 0 Å². The van der Waals surface area contributed by atoms with E-state index in [-0.39, 0.29) is 17.5 Å². The number of piperazine rings is 1. The maximum atomic E-state index is 13.1. The number of para-hydroxylation sites is 2. The number of ether oxygens (including phenoxy) is 2. The molecule has 1 aliphatic heterocycles. The monoisotopic (exact) mass is 378 g/mol. The van der Waals surface area contributed by atoms with Crippen molar-refractivity contribution in [3.8, 4) is 11.6 Å². The van der Waals surface area contributed by atoms with Gasteiger partial charge in [0.15, 0.2) is 5.69 Å². The zero-order valence-corrected chi connectivity index (χ0v) is 16.0. The molecule has 0 spiro atoms. The predicted octanol–water partition coefficient (Wildman–Crippen LogP) is 2.61. The lowest BCUT2D eigenvalue weighted by atomic mass is 10.2. The zero-order valence-electron chi connectivity index (χ0n) is 16.0.